The highest BCUT2D eigenvalue weighted by Gasteiger charge is 2.23. The van der Waals surface area contributed by atoms with Gasteiger partial charge in [0, 0.05) is 6.54 Å². The zero-order valence-electron chi connectivity index (χ0n) is 8.43. The van der Waals surface area contributed by atoms with Crippen LogP contribution >= 0.6 is 15.9 Å². The summed E-state index contributed by atoms with van der Waals surface area (Å²) in [6.45, 7) is 5.88. The summed E-state index contributed by atoms with van der Waals surface area (Å²) in [7, 11) is 0. The number of hydrogen-bond donors (Lipinski definition) is 2. The lowest BCUT2D eigenvalue weighted by Crippen LogP contribution is -2.41. The normalized spacial score (nSPS) is 13.9. The first-order chi connectivity index (χ1) is 5.88. The molecule has 0 bridgehead atoms. The van der Waals surface area contributed by atoms with Crippen LogP contribution in [0, 0.1) is 0 Å². The van der Waals surface area contributed by atoms with E-state index in [0.717, 1.165) is 12.8 Å². The molecule has 0 aliphatic rings. The lowest BCUT2D eigenvalue weighted by molar-refractivity contribution is -0.122. The predicted molar refractivity (Wildman–Crippen MR) is 56.9 cm³/mol. The third-order valence-corrected chi connectivity index (χ3v) is 2.02. The smallest absolute Gasteiger partial charge is 0.236 e. The molecule has 1 atom stereocenters. The first-order valence-electron chi connectivity index (χ1n) is 4.53. The van der Waals surface area contributed by atoms with Crippen molar-refractivity contribution in [1.82, 2.24) is 5.32 Å². The number of amides is 1. The van der Waals surface area contributed by atoms with E-state index < -0.39 is 10.4 Å². The van der Waals surface area contributed by atoms with E-state index in [0.29, 0.717) is 6.54 Å². The van der Waals surface area contributed by atoms with Gasteiger partial charge in [-0.25, -0.2) is 0 Å². The molecule has 0 aromatic carbocycles. The molecular formula is C9H18BrNO2. The maximum Gasteiger partial charge on any atom is 0.236 e. The van der Waals surface area contributed by atoms with Gasteiger partial charge in [0.25, 0.3) is 0 Å². The molecule has 0 aromatic rings. The zero-order chi connectivity index (χ0) is 10.5. The van der Waals surface area contributed by atoms with E-state index in [1.807, 2.05) is 6.92 Å². The monoisotopic (exact) mass is 251 g/mol. The standard InChI is InChI=1S/C9H18BrNO2/c1-4-5-7(12)6-11-8(13)9(2,3)10/h7,12H,4-6H2,1-3H3,(H,11,13). The fourth-order valence-electron chi connectivity index (χ4n) is 0.856. The molecular weight excluding hydrogens is 234 g/mol. The van der Waals surface area contributed by atoms with Gasteiger partial charge in [-0.05, 0) is 20.3 Å². The molecule has 4 heteroatoms. The van der Waals surface area contributed by atoms with Crippen LogP contribution in [-0.4, -0.2) is 28.0 Å². The van der Waals surface area contributed by atoms with Gasteiger partial charge in [-0.15, -0.1) is 0 Å². The second-order valence-corrected chi connectivity index (χ2v) is 5.61. The van der Waals surface area contributed by atoms with Crippen LogP contribution in [0.1, 0.15) is 33.6 Å². The summed E-state index contributed by atoms with van der Waals surface area (Å²) >= 11 is 3.24. The number of carbonyl (C=O) groups is 1. The number of aliphatic hydroxyl groups is 1. The molecule has 0 radical (unpaired) electrons. The van der Waals surface area contributed by atoms with Crippen molar-refractivity contribution in [1.29, 1.82) is 0 Å². The highest BCUT2D eigenvalue weighted by atomic mass is 79.9. The molecule has 0 aliphatic heterocycles. The summed E-state index contributed by atoms with van der Waals surface area (Å²) in [5, 5.41) is 12.0. The molecule has 78 valence electrons. The second kappa shape index (κ2) is 5.60. The Balaban J connectivity index is 3.71. The van der Waals surface area contributed by atoms with Crippen molar-refractivity contribution >= 4 is 21.8 Å². The van der Waals surface area contributed by atoms with Gasteiger partial charge in [-0.3, -0.25) is 4.79 Å². The van der Waals surface area contributed by atoms with Gasteiger partial charge in [-0.2, -0.15) is 0 Å². The van der Waals surface area contributed by atoms with Crippen LogP contribution in [0.5, 0.6) is 0 Å². The lowest BCUT2D eigenvalue weighted by Gasteiger charge is -2.17. The van der Waals surface area contributed by atoms with Crippen LogP contribution < -0.4 is 5.32 Å². The van der Waals surface area contributed by atoms with Crippen molar-refractivity contribution < 1.29 is 9.90 Å². The SMILES string of the molecule is CCCC(O)CNC(=O)C(C)(C)Br. The molecule has 0 heterocycles. The zero-order valence-corrected chi connectivity index (χ0v) is 10.0. The van der Waals surface area contributed by atoms with Crippen LogP contribution in [-0.2, 0) is 4.79 Å². The van der Waals surface area contributed by atoms with E-state index >= 15 is 0 Å². The lowest BCUT2D eigenvalue weighted by atomic mass is 10.2. The second-order valence-electron chi connectivity index (χ2n) is 3.62. The molecule has 1 amide bonds. The van der Waals surface area contributed by atoms with Gasteiger partial charge < -0.3 is 10.4 Å². The van der Waals surface area contributed by atoms with Crippen LogP contribution in [0.25, 0.3) is 0 Å². The number of alkyl halides is 1. The van der Waals surface area contributed by atoms with E-state index in [9.17, 15) is 9.90 Å². The quantitative estimate of drug-likeness (QED) is 0.727. The van der Waals surface area contributed by atoms with Crippen molar-refractivity contribution in [3.63, 3.8) is 0 Å². The number of rotatable bonds is 5. The molecule has 13 heavy (non-hydrogen) atoms. The Kier molecular flexibility index (Phi) is 5.56. The summed E-state index contributed by atoms with van der Waals surface area (Å²) in [6, 6.07) is 0. The highest BCUT2D eigenvalue weighted by molar-refractivity contribution is 9.10. The Morgan fingerprint density at radius 3 is 2.54 bits per heavy atom. The summed E-state index contributed by atoms with van der Waals surface area (Å²) in [6.07, 6.45) is 1.22. The van der Waals surface area contributed by atoms with Gasteiger partial charge in [-0.1, -0.05) is 29.3 Å². The summed E-state index contributed by atoms with van der Waals surface area (Å²) in [5.41, 5.74) is 0. The largest absolute Gasteiger partial charge is 0.391 e. The van der Waals surface area contributed by atoms with Crippen molar-refractivity contribution in [2.45, 2.75) is 44.0 Å². The van der Waals surface area contributed by atoms with E-state index in [1.165, 1.54) is 0 Å². The molecule has 0 aliphatic carbocycles. The fourth-order valence-corrected chi connectivity index (χ4v) is 0.996. The van der Waals surface area contributed by atoms with E-state index in [-0.39, 0.29) is 5.91 Å². The number of halogens is 1. The van der Waals surface area contributed by atoms with E-state index in [2.05, 4.69) is 21.2 Å². The van der Waals surface area contributed by atoms with Crippen molar-refractivity contribution in [2.75, 3.05) is 6.54 Å². The number of hydrogen-bond acceptors (Lipinski definition) is 2. The average Bonchev–Trinajstić information content (AvgIpc) is 1.99. The molecule has 2 N–H and O–H groups in total. The Bertz CT molecular complexity index is 165. The molecule has 0 saturated carbocycles. The minimum absolute atomic E-state index is 0.0948. The first-order valence-corrected chi connectivity index (χ1v) is 5.32. The maximum absolute atomic E-state index is 11.3. The molecule has 1 unspecified atom stereocenters. The van der Waals surface area contributed by atoms with Crippen LogP contribution in [0.3, 0.4) is 0 Å². The molecule has 0 saturated heterocycles. The summed E-state index contributed by atoms with van der Waals surface area (Å²) in [4.78, 5) is 11.3. The molecule has 0 fully saturated rings. The van der Waals surface area contributed by atoms with Crippen LogP contribution in [0.2, 0.25) is 0 Å². The fraction of sp³-hybridized carbons (Fsp3) is 0.889. The summed E-state index contributed by atoms with van der Waals surface area (Å²) < 4.78 is -0.557. The van der Waals surface area contributed by atoms with Gasteiger partial charge in [0.2, 0.25) is 5.91 Å². The van der Waals surface area contributed by atoms with Crippen LogP contribution in [0.15, 0.2) is 0 Å². The van der Waals surface area contributed by atoms with E-state index in [4.69, 9.17) is 0 Å². The Hall–Kier alpha value is -0.0900. The van der Waals surface area contributed by atoms with Crippen molar-refractivity contribution in [2.24, 2.45) is 0 Å². The first kappa shape index (κ1) is 12.9. The van der Waals surface area contributed by atoms with Gasteiger partial charge >= 0.3 is 0 Å². The molecule has 3 nitrogen and oxygen atoms in total. The minimum Gasteiger partial charge on any atom is -0.391 e. The minimum atomic E-state index is -0.557. The maximum atomic E-state index is 11.3. The van der Waals surface area contributed by atoms with Crippen LogP contribution in [0.4, 0.5) is 0 Å². The Morgan fingerprint density at radius 2 is 2.15 bits per heavy atom. The van der Waals surface area contributed by atoms with Gasteiger partial charge in [0.15, 0.2) is 0 Å². The predicted octanol–water partition coefficient (Wildman–Crippen LogP) is 1.44. The molecule has 0 rings (SSSR count). The highest BCUT2D eigenvalue weighted by Crippen LogP contribution is 2.15. The molecule has 0 spiro atoms. The van der Waals surface area contributed by atoms with Crippen molar-refractivity contribution in [3.8, 4) is 0 Å². The van der Waals surface area contributed by atoms with Crippen molar-refractivity contribution in [3.05, 3.63) is 0 Å². The topological polar surface area (TPSA) is 49.3 Å². The third kappa shape index (κ3) is 6.05. The van der Waals surface area contributed by atoms with E-state index in [1.54, 1.807) is 13.8 Å². The third-order valence-electron chi connectivity index (χ3n) is 1.66. The molecule has 0 aromatic heterocycles. The number of carbonyl (C=O) groups excluding carboxylic acids is 1. The number of nitrogens with one attached hydrogen (secondary N) is 1. The van der Waals surface area contributed by atoms with Gasteiger partial charge in [0.05, 0.1) is 10.4 Å². The average molecular weight is 252 g/mol. The number of aliphatic hydroxyl groups excluding tert-OH is 1. The Morgan fingerprint density at radius 1 is 1.62 bits per heavy atom. The Labute approximate surface area is 88.0 Å². The van der Waals surface area contributed by atoms with Gasteiger partial charge in [0.1, 0.15) is 0 Å². The summed E-state index contributed by atoms with van der Waals surface area (Å²) in [5.74, 6) is -0.0948.